The van der Waals surface area contributed by atoms with E-state index in [4.69, 9.17) is 33.3 Å². The summed E-state index contributed by atoms with van der Waals surface area (Å²) in [6, 6.07) is 14.0. The summed E-state index contributed by atoms with van der Waals surface area (Å²) in [5.41, 5.74) is 1.09. The van der Waals surface area contributed by atoms with Crippen molar-refractivity contribution in [3.05, 3.63) is 59.1 Å². The number of ether oxygens (including phenoxy) is 2. The number of carbonyl (C=O) groups excluding carboxylic acids is 1. The molecule has 0 aliphatic rings. The first-order chi connectivity index (χ1) is 12.1. The second-order valence-electron chi connectivity index (χ2n) is 4.96. The van der Waals surface area contributed by atoms with Gasteiger partial charge in [-0.1, -0.05) is 29.8 Å². The molecule has 0 atom stereocenters. The molecule has 132 valence electrons. The Kier molecular flexibility index (Phi) is 7.66. The van der Waals surface area contributed by atoms with E-state index in [-0.39, 0.29) is 11.0 Å². The molecule has 1 amide bonds. The van der Waals surface area contributed by atoms with Gasteiger partial charge in [0.2, 0.25) is 0 Å². The van der Waals surface area contributed by atoms with Gasteiger partial charge in [-0.25, -0.2) is 0 Å². The van der Waals surface area contributed by atoms with Crippen LogP contribution < -0.4 is 15.4 Å². The van der Waals surface area contributed by atoms with Crippen molar-refractivity contribution in [1.82, 2.24) is 5.32 Å². The largest absolute Gasteiger partial charge is 0.490 e. The van der Waals surface area contributed by atoms with Gasteiger partial charge in [0.05, 0.1) is 12.2 Å². The van der Waals surface area contributed by atoms with Crippen molar-refractivity contribution < 1.29 is 14.3 Å². The summed E-state index contributed by atoms with van der Waals surface area (Å²) < 4.78 is 10.8. The normalized spacial score (nSPS) is 10.2. The molecule has 0 fully saturated rings. The standard InChI is InChI=1S/C18H19ClN2O3S/c1-2-23-10-11-24-16-9-4-3-8-15(16)17(22)21-18(25)20-14-7-5-6-13(19)12-14/h3-9,12H,2,10-11H2,1H3,(H2,20,21,22,25). The van der Waals surface area contributed by atoms with Crippen molar-refractivity contribution >= 4 is 40.5 Å². The first kappa shape index (κ1) is 19.2. The molecule has 2 aromatic carbocycles. The number of anilines is 1. The van der Waals surface area contributed by atoms with Crippen LogP contribution in [0.3, 0.4) is 0 Å². The summed E-state index contributed by atoms with van der Waals surface area (Å²) in [6.07, 6.45) is 0. The van der Waals surface area contributed by atoms with Crippen molar-refractivity contribution in [2.75, 3.05) is 25.1 Å². The number of thiocarbonyl (C=S) groups is 1. The minimum atomic E-state index is -0.355. The fourth-order valence-corrected chi connectivity index (χ4v) is 2.43. The molecule has 0 aliphatic carbocycles. The summed E-state index contributed by atoms with van der Waals surface area (Å²) in [5, 5.41) is 6.30. The SMILES string of the molecule is CCOCCOc1ccccc1C(=O)NC(=S)Nc1cccc(Cl)c1. The molecule has 2 aromatic rings. The minimum Gasteiger partial charge on any atom is -0.490 e. The van der Waals surface area contributed by atoms with Crippen LogP contribution in [0, 0.1) is 0 Å². The maximum Gasteiger partial charge on any atom is 0.261 e. The van der Waals surface area contributed by atoms with Crippen LogP contribution in [0.2, 0.25) is 5.02 Å². The number of halogens is 1. The molecule has 0 unspecified atom stereocenters. The van der Waals surface area contributed by atoms with Gasteiger partial charge in [0.1, 0.15) is 12.4 Å². The zero-order valence-electron chi connectivity index (χ0n) is 13.8. The third-order valence-electron chi connectivity index (χ3n) is 3.13. The molecule has 25 heavy (non-hydrogen) atoms. The number of benzene rings is 2. The Morgan fingerprint density at radius 1 is 1.16 bits per heavy atom. The van der Waals surface area contributed by atoms with Gasteiger partial charge in [0, 0.05) is 17.3 Å². The van der Waals surface area contributed by atoms with Crippen LogP contribution in [0.25, 0.3) is 0 Å². The summed E-state index contributed by atoms with van der Waals surface area (Å²) in [5.74, 6) is 0.122. The average Bonchev–Trinajstić information content (AvgIpc) is 2.59. The minimum absolute atomic E-state index is 0.177. The zero-order valence-corrected chi connectivity index (χ0v) is 15.3. The highest BCUT2D eigenvalue weighted by atomic mass is 35.5. The second-order valence-corrected chi connectivity index (χ2v) is 5.80. The highest BCUT2D eigenvalue weighted by Gasteiger charge is 2.13. The lowest BCUT2D eigenvalue weighted by atomic mass is 10.2. The molecular formula is C18H19ClN2O3S. The van der Waals surface area contributed by atoms with E-state index < -0.39 is 0 Å². The number of carbonyl (C=O) groups is 1. The lowest BCUT2D eigenvalue weighted by Gasteiger charge is -2.13. The van der Waals surface area contributed by atoms with Gasteiger partial charge in [-0.15, -0.1) is 0 Å². The molecule has 0 saturated carbocycles. The molecule has 0 spiro atoms. The zero-order chi connectivity index (χ0) is 18.1. The Morgan fingerprint density at radius 2 is 1.96 bits per heavy atom. The van der Waals surface area contributed by atoms with Gasteiger partial charge in [-0.2, -0.15) is 0 Å². The third kappa shape index (κ3) is 6.34. The molecule has 0 aliphatic heterocycles. The van der Waals surface area contributed by atoms with Gasteiger partial charge in [-0.05, 0) is 49.5 Å². The van der Waals surface area contributed by atoms with Crippen LogP contribution in [0.5, 0.6) is 5.75 Å². The highest BCUT2D eigenvalue weighted by Crippen LogP contribution is 2.18. The van der Waals surface area contributed by atoms with Crippen LogP contribution in [0.15, 0.2) is 48.5 Å². The maximum absolute atomic E-state index is 12.4. The number of amides is 1. The fourth-order valence-electron chi connectivity index (χ4n) is 2.03. The smallest absolute Gasteiger partial charge is 0.261 e. The van der Waals surface area contributed by atoms with Gasteiger partial charge in [0.15, 0.2) is 5.11 Å². The molecule has 0 aromatic heterocycles. The number of hydrogen-bond donors (Lipinski definition) is 2. The average molecular weight is 379 g/mol. The highest BCUT2D eigenvalue weighted by molar-refractivity contribution is 7.80. The van der Waals surface area contributed by atoms with Crippen molar-refractivity contribution in [3.63, 3.8) is 0 Å². The lowest BCUT2D eigenvalue weighted by Crippen LogP contribution is -2.34. The molecule has 0 heterocycles. The Bertz CT molecular complexity index is 740. The van der Waals surface area contributed by atoms with Crippen molar-refractivity contribution in [2.24, 2.45) is 0 Å². The molecule has 0 bridgehead atoms. The molecule has 0 radical (unpaired) electrons. The monoisotopic (exact) mass is 378 g/mol. The van der Waals surface area contributed by atoms with E-state index >= 15 is 0 Å². The number of nitrogens with one attached hydrogen (secondary N) is 2. The topological polar surface area (TPSA) is 59.6 Å². The summed E-state index contributed by atoms with van der Waals surface area (Å²) in [4.78, 5) is 12.4. The molecule has 2 N–H and O–H groups in total. The van der Waals surface area contributed by atoms with Crippen molar-refractivity contribution in [2.45, 2.75) is 6.92 Å². The predicted octanol–water partition coefficient (Wildman–Crippen LogP) is 3.88. The molecular weight excluding hydrogens is 360 g/mol. The van der Waals surface area contributed by atoms with E-state index in [9.17, 15) is 4.79 Å². The van der Waals surface area contributed by atoms with E-state index in [1.165, 1.54) is 0 Å². The third-order valence-corrected chi connectivity index (χ3v) is 3.57. The van der Waals surface area contributed by atoms with Crippen LogP contribution >= 0.6 is 23.8 Å². The van der Waals surface area contributed by atoms with Crippen LogP contribution in [0.4, 0.5) is 5.69 Å². The van der Waals surface area contributed by atoms with Gasteiger partial charge >= 0.3 is 0 Å². The molecule has 0 saturated heterocycles. The number of rotatable bonds is 7. The molecule has 7 heteroatoms. The second kappa shape index (κ2) is 9.98. The predicted molar refractivity (Wildman–Crippen MR) is 104 cm³/mol. The quantitative estimate of drug-likeness (QED) is 0.565. The van der Waals surface area contributed by atoms with Crippen molar-refractivity contribution in [3.8, 4) is 5.75 Å². The van der Waals surface area contributed by atoms with Gasteiger partial charge < -0.3 is 14.8 Å². The fraction of sp³-hybridized carbons (Fsp3) is 0.222. The van der Waals surface area contributed by atoms with Crippen LogP contribution in [-0.4, -0.2) is 30.8 Å². The first-order valence-electron chi connectivity index (χ1n) is 7.77. The first-order valence-corrected chi connectivity index (χ1v) is 8.56. The van der Waals surface area contributed by atoms with Gasteiger partial charge in [-0.3, -0.25) is 10.1 Å². The molecule has 2 rings (SSSR count). The van der Waals surface area contributed by atoms with Crippen LogP contribution in [-0.2, 0) is 4.74 Å². The summed E-state index contributed by atoms with van der Waals surface area (Å²) in [6.45, 7) is 3.36. The van der Waals surface area contributed by atoms with Crippen molar-refractivity contribution in [1.29, 1.82) is 0 Å². The Morgan fingerprint density at radius 3 is 2.72 bits per heavy atom. The summed E-state index contributed by atoms with van der Waals surface area (Å²) >= 11 is 11.1. The van der Waals surface area contributed by atoms with E-state index in [0.717, 1.165) is 0 Å². The Hall–Kier alpha value is -2.15. The number of hydrogen-bond acceptors (Lipinski definition) is 4. The number of para-hydroxylation sites is 1. The van der Waals surface area contributed by atoms with Gasteiger partial charge in [0.25, 0.3) is 5.91 Å². The Balaban J connectivity index is 1.96. The van der Waals surface area contributed by atoms with E-state index in [1.54, 1.807) is 48.5 Å². The van der Waals surface area contributed by atoms with E-state index in [2.05, 4.69) is 10.6 Å². The van der Waals surface area contributed by atoms with E-state index in [1.807, 2.05) is 6.92 Å². The maximum atomic E-state index is 12.4. The lowest BCUT2D eigenvalue weighted by molar-refractivity contribution is 0.0958. The Labute approximate surface area is 157 Å². The summed E-state index contributed by atoms with van der Waals surface area (Å²) in [7, 11) is 0. The molecule has 5 nitrogen and oxygen atoms in total. The van der Waals surface area contributed by atoms with E-state index in [0.29, 0.717) is 41.8 Å². The van der Waals surface area contributed by atoms with Crippen LogP contribution in [0.1, 0.15) is 17.3 Å².